The molecule has 2 aromatic rings. The van der Waals surface area contributed by atoms with Crippen LogP contribution in [0.2, 0.25) is 0 Å². The van der Waals surface area contributed by atoms with Gasteiger partial charge >= 0.3 is 0 Å². The number of amides is 1. The Morgan fingerprint density at radius 1 is 0.964 bits per heavy atom. The summed E-state index contributed by atoms with van der Waals surface area (Å²) < 4.78 is 0. The van der Waals surface area contributed by atoms with Crippen molar-refractivity contribution in [3.05, 3.63) is 35.4 Å². The molecule has 150 valence electrons. The predicted octanol–water partition coefficient (Wildman–Crippen LogP) is 5.60. The van der Waals surface area contributed by atoms with Crippen LogP contribution >= 0.6 is 11.3 Å². The summed E-state index contributed by atoms with van der Waals surface area (Å²) >= 11 is 1.33. The molecule has 0 aliphatic rings. The third kappa shape index (κ3) is 8.05. The van der Waals surface area contributed by atoms with Crippen molar-refractivity contribution in [3.63, 3.8) is 0 Å². The molecule has 28 heavy (non-hydrogen) atoms. The van der Waals surface area contributed by atoms with E-state index in [2.05, 4.69) is 27.8 Å². The van der Waals surface area contributed by atoms with Gasteiger partial charge in [0.25, 0.3) is 5.91 Å². The highest BCUT2D eigenvalue weighted by molar-refractivity contribution is 7.19. The molecule has 1 amide bonds. The van der Waals surface area contributed by atoms with Gasteiger partial charge in [0.15, 0.2) is 0 Å². The Kier molecular flexibility index (Phi) is 10.0. The number of nitrogens with one attached hydrogen (secondary N) is 2. The molecule has 0 spiro atoms. The van der Waals surface area contributed by atoms with E-state index in [4.69, 9.17) is 5.26 Å². The third-order valence-corrected chi connectivity index (χ3v) is 5.27. The zero-order valence-electron chi connectivity index (χ0n) is 16.5. The second kappa shape index (κ2) is 12.8. The summed E-state index contributed by atoms with van der Waals surface area (Å²) in [6.07, 6.45) is 11.7. The number of hydrogen-bond acceptors (Lipinski definition) is 6. The van der Waals surface area contributed by atoms with Gasteiger partial charge < -0.3 is 5.32 Å². The SMILES string of the molecule is CCCCCCCCCCCNc1nnc(NC(=O)c2ccc(C#N)cc2)s1. The third-order valence-electron chi connectivity index (χ3n) is 4.48. The minimum absolute atomic E-state index is 0.258. The van der Waals surface area contributed by atoms with Crippen molar-refractivity contribution in [1.82, 2.24) is 10.2 Å². The van der Waals surface area contributed by atoms with Crippen LogP contribution in [0.25, 0.3) is 0 Å². The standard InChI is InChI=1S/C21H29N5OS/c1-2-3-4-5-6-7-8-9-10-15-23-20-25-26-21(28-20)24-19(27)18-13-11-17(16-22)12-14-18/h11-14H,2-10,15H2,1H3,(H,23,25)(H,24,26,27). The molecular formula is C21H29N5OS. The Morgan fingerprint density at radius 2 is 1.57 bits per heavy atom. The first-order valence-corrected chi connectivity index (χ1v) is 10.9. The van der Waals surface area contributed by atoms with Crippen molar-refractivity contribution < 1.29 is 4.79 Å². The molecule has 0 fully saturated rings. The molecule has 1 heterocycles. The van der Waals surface area contributed by atoms with Gasteiger partial charge in [0.1, 0.15) is 0 Å². The Morgan fingerprint density at radius 3 is 2.21 bits per heavy atom. The molecule has 0 saturated heterocycles. The summed E-state index contributed by atoms with van der Waals surface area (Å²) in [5, 5.41) is 24.1. The van der Waals surface area contributed by atoms with Crippen LogP contribution in [0.3, 0.4) is 0 Å². The smallest absolute Gasteiger partial charge is 0.257 e. The van der Waals surface area contributed by atoms with Gasteiger partial charge in [0.2, 0.25) is 10.3 Å². The largest absolute Gasteiger partial charge is 0.360 e. The van der Waals surface area contributed by atoms with Crippen LogP contribution in [-0.4, -0.2) is 22.6 Å². The highest BCUT2D eigenvalue weighted by atomic mass is 32.1. The number of carbonyl (C=O) groups is 1. The molecule has 0 atom stereocenters. The summed E-state index contributed by atoms with van der Waals surface area (Å²) in [4.78, 5) is 12.2. The normalized spacial score (nSPS) is 10.4. The van der Waals surface area contributed by atoms with Crippen molar-refractivity contribution in [2.45, 2.75) is 64.7 Å². The lowest BCUT2D eigenvalue weighted by Gasteiger charge is -2.03. The number of benzene rings is 1. The maximum atomic E-state index is 12.2. The summed E-state index contributed by atoms with van der Waals surface area (Å²) in [5.74, 6) is -0.258. The Hall–Kier alpha value is -2.46. The lowest BCUT2D eigenvalue weighted by Crippen LogP contribution is -2.11. The summed E-state index contributed by atoms with van der Waals surface area (Å²) in [7, 11) is 0. The number of carbonyl (C=O) groups excluding carboxylic acids is 1. The second-order valence-electron chi connectivity index (χ2n) is 6.81. The van der Waals surface area contributed by atoms with Crippen LogP contribution in [0.4, 0.5) is 10.3 Å². The van der Waals surface area contributed by atoms with Crippen LogP contribution in [0.5, 0.6) is 0 Å². The van der Waals surface area contributed by atoms with E-state index in [9.17, 15) is 4.79 Å². The van der Waals surface area contributed by atoms with Gasteiger partial charge in [-0.1, -0.05) is 69.6 Å². The van der Waals surface area contributed by atoms with Crippen LogP contribution < -0.4 is 10.6 Å². The average molecular weight is 400 g/mol. The Labute approximate surface area is 171 Å². The molecular weight excluding hydrogens is 370 g/mol. The number of hydrogen-bond donors (Lipinski definition) is 2. The average Bonchev–Trinajstić information content (AvgIpc) is 3.16. The van der Waals surface area contributed by atoms with Gasteiger partial charge in [-0.25, -0.2) is 0 Å². The van der Waals surface area contributed by atoms with Gasteiger partial charge in [-0.2, -0.15) is 5.26 Å². The van der Waals surface area contributed by atoms with Crippen molar-refractivity contribution in [1.29, 1.82) is 5.26 Å². The summed E-state index contributed by atoms with van der Waals surface area (Å²) in [6, 6.07) is 8.51. The molecule has 0 unspecified atom stereocenters. The minimum Gasteiger partial charge on any atom is -0.360 e. The fraction of sp³-hybridized carbons (Fsp3) is 0.524. The van der Waals surface area contributed by atoms with E-state index in [1.807, 2.05) is 6.07 Å². The van der Waals surface area contributed by atoms with Crippen LogP contribution in [0.1, 0.15) is 80.6 Å². The lowest BCUT2D eigenvalue weighted by molar-refractivity contribution is 0.102. The maximum absolute atomic E-state index is 12.2. The van der Waals surface area contributed by atoms with Gasteiger partial charge in [0.05, 0.1) is 11.6 Å². The first-order chi connectivity index (χ1) is 13.7. The monoisotopic (exact) mass is 399 g/mol. The number of anilines is 2. The summed E-state index contributed by atoms with van der Waals surface area (Å²) in [5.41, 5.74) is 1.01. The topological polar surface area (TPSA) is 90.7 Å². The molecule has 0 saturated carbocycles. The minimum atomic E-state index is -0.258. The molecule has 6 nitrogen and oxygen atoms in total. The predicted molar refractivity (Wildman–Crippen MR) is 115 cm³/mol. The number of aromatic nitrogens is 2. The van der Waals surface area contributed by atoms with E-state index in [-0.39, 0.29) is 5.91 Å². The Balaban J connectivity index is 1.60. The second-order valence-corrected chi connectivity index (χ2v) is 7.79. The van der Waals surface area contributed by atoms with Crippen molar-refractivity contribution in [3.8, 4) is 6.07 Å². The first-order valence-electron chi connectivity index (χ1n) is 10.1. The number of unbranched alkanes of at least 4 members (excludes halogenated alkanes) is 8. The van der Waals surface area contributed by atoms with Crippen molar-refractivity contribution in [2.24, 2.45) is 0 Å². The first kappa shape index (κ1) is 21.8. The van der Waals surface area contributed by atoms with Crippen molar-refractivity contribution in [2.75, 3.05) is 17.2 Å². The van der Waals surface area contributed by atoms with Crippen molar-refractivity contribution >= 4 is 27.5 Å². The number of rotatable bonds is 13. The van der Waals surface area contributed by atoms with E-state index >= 15 is 0 Å². The van der Waals surface area contributed by atoms with Crippen LogP contribution in [0.15, 0.2) is 24.3 Å². The fourth-order valence-electron chi connectivity index (χ4n) is 2.84. The van der Waals surface area contributed by atoms with Gasteiger partial charge in [-0.15, -0.1) is 10.2 Å². The van der Waals surface area contributed by atoms with E-state index in [0.29, 0.717) is 16.3 Å². The van der Waals surface area contributed by atoms with Crippen LogP contribution in [0, 0.1) is 11.3 Å². The number of nitriles is 1. The summed E-state index contributed by atoms with van der Waals surface area (Å²) in [6.45, 7) is 3.12. The molecule has 0 radical (unpaired) electrons. The lowest BCUT2D eigenvalue weighted by atomic mass is 10.1. The molecule has 0 aliphatic carbocycles. The highest BCUT2D eigenvalue weighted by Crippen LogP contribution is 2.21. The zero-order valence-corrected chi connectivity index (χ0v) is 17.4. The zero-order chi connectivity index (χ0) is 20.0. The molecule has 1 aromatic heterocycles. The molecule has 0 bridgehead atoms. The molecule has 2 rings (SSSR count). The molecule has 7 heteroatoms. The molecule has 0 aliphatic heterocycles. The van der Waals surface area contributed by atoms with Crippen LogP contribution in [-0.2, 0) is 0 Å². The van der Waals surface area contributed by atoms with E-state index in [0.717, 1.165) is 18.1 Å². The fourth-order valence-corrected chi connectivity index (χ4v) is 3.51. The van der Waals surface area contributed by atoms with Gasteiger partial charge in [-0.3, -0.25) is 10.1 Å². The quantitative estimate of drug-likeness (QED) is 0.428. The maximum Gasteiger partial charge on any atom is 0.257 e. The molecule has 2 N–H and O–H groups in total. The highest BCUT2D eigenvalue weighted by Gasteiger charge is 2.10. The van der Waals surface area contributed by atoms with Gasteiger partial charge in [-0.05, 0) is 30.7 Å². The van der Waals surface area contributed by atoms with E-state index < -0.39 is 0 Å². The van der Waals surface area contributed by atoms with Gasteiger partial charge in [0, 0.05) is 12.1 Å². The molecule has 1 aromatic carbocycles. The Bertz CT molecular complexity index is 751. The number of nitrogens with zero attached hydrogens (tertiary/aromatic N) is 3. The van der Waals surface area contributed by atoms with E-state index in [1.54, 1.807) is 24.3 Å². The van der Waals surface area contributed by atoms with E-state index in [1.165, 1.54) is 62.7 Å².